The fourth-order valence-corrected chi connectivity index (χ4v) is 2.12. The van der Waals surface area contributed by atoms with Gasteiger partial charge in [-0.1, -0.05) is 15.9 Å². The second-order valence-electron chi connectivity index (χ2n) is 4.27. The number of benzene rings is 2. The molecule has 2 N–H and O–H groups in total. The third-order valence-corrected chi connectivity index (χ3v) is 3.34. The van der Waals surface area contributed by atoms with E-state index in [-0.39, 0.29) is 23.4 Å². The Morgan fingerprint density at radius 1 is 1.29 bits per heavy atom. The van der Waals surface area contributed by atoms with E-state index in [1.54, 1.807) is 24.3 Å². The summed E-state index contributed by atoms with van der Waals surface area (Å²) >= 11 is 3.24. The normalized spacial score (nSPS) is 10.2. The summed E-state index contributed by atoms with van der Waals surface area (Å²) in [6, 6.07) is 9.09. The summed E-state index contributed by atoms with van der Waals surface area (Å²) in [4.78, 5) is 12.0. The lowest BCUT2D eigenvalue weighted by molar-refractivity contribution is 0.0470. The Bertz CT molecular complexity index is 676. The second-order valence-corrected chi connectivity index (χ2v) is 5.18. The molecule has 0 amide bonds. The molecule has 2 aromatic rings. The van der Waals surface area contributed by atoms with Crippen LogP contribution in [0.15, 0.2) is 40.9 Å². The number of anilines is 1. The van der Waals surface area contributed by atoms with Gasteiger partial charge < -0.3 is 15.2 Å². The zero-order chi connectivity index (χ0) is 15.4. The average molecular weight is 354 g/mol. The number of ether oxygens (including phenoxy) is 2. The van der Waals surface area contributed by atoms with E-state index < -0.39 is 11.8 Å². The number of methoxy groups -OCH3 is 1. The van der Waals surface area contributed by atoms with E-state index >= 15 is 0 Å². The third-order valence-electron chi connectivity index (χ3n) is 2.85. The van der Waals surface area contributed by atoms with Gasteiger partial charge in [0, 0.05) is 15.7 Å². The first kappa shape index (κ1) is 15.3. The Morgan fingerprint density at radius 2 is 2.05 bits per heavy atom. The number of nitrogens with two attached hydrogens (primary N) is 1. The van der Waals surface area contributed by atoms with Crippen molar-refractivity contribution in [3.05, 3.63) is 57.8 Å². The van der Waals surface area contributed by atoms with Crippen molar-refractivity contribution in [2.45, 2.75) is 6.61 Å². The van der Waals surface area contributed by atoms with E-state index in [0.717, 1.165) is 0 Å². The minimum absolute atomic E-state index is 0.180. The van der Waals surface area contributed by atoms with Gasteiger partial charge in [0.25, 0.3) is 0 Å². The molecule has 0 aliphatic carbocycles. The summed E-state index contributed by atoms with van der Waals surface area (Å²) in [6.45, 7) is -0.180. The minimum Gasteiger partial charge on any atom is -0.497 e. The molecule has 21 heavy (non-hydrogen) atoms. The first-order valence-corrected chi connectivity index (χ1v) is 6.85. The number of carbonyl (C=O) groups is 1. The van der Waals surface area contributed by atoms with Crippen molar-refractivity contribution in [3.63, 3.8) is 0 Å². The maximum absolute atomic E-state index is 13.6. The zero-order valence-corrected chi connectivity index (χ0v) is 12.8. The molecule has 0 atom stereocenters. The van der Waals surface area contributed by atoms with E-state index in [1.807, 2.05) is 0 Å². The molecule has 4 nitrogen and oxygen atoms in total. The summed E-state index contributed by atoms with van der Waals surface area (Å²) in [5.41, 5.74) is 6.47. The highest BCUT2D eigenvalue weighted by atomic mass is 79.9. The zero-order valence-electron chi connectivity index (χ0n) is 11.2. The highest BCUT2D eigenvalue weighted by molar-refractivity contribution is 9.10. The fraction of sp³-hybridized carbons (Fsp3) is 0.133. The molecule has 2 aromatic carbocycles. The molecule has 0 aromatic heterocycles. The molecule has 110 valence electrons. The Balaban J connectivity index is 2.13. The van der Waals surface area contributed by atoms with Gasteiger partial charge in [-0.2, -0.15) is 0 Å². The van der Waals surface area contributed by atoms with Crippen LogP contribution in [0.5, 0.6) is 5.75 Å². The predicted molar refractivity (Wildman–Crippen MR) is 80.6 cm³/mol. The van der Waals surface area contributed by atoms with Gasteiger partial charge in [0.15, 0.2) is 0 Å². The summed E-state index contributed by atoms with van der Waals surface area (Å²) in [5, 5.41) is 0. The van der Waals surface area contributed by atoms with Crippen molar-refractivity contribution in [2.24, 2.45) is 0 Å². The molecule has 0 aliphatic rings. The van der Waals surface area contributed by atoms with Crippen LogP contribution in [0.1, 0.15) is 15.9 Å². The second kappa shape index (κ2) is 6.58. The molecule has 0 bridgehead atoms. The lowest BCUT2D eigenvalue weighted by Crippen LogP contribution is -2.09. The Labute approximate surface area is 129 Å². The van der Waals surface area contributed by atoms with Gasteiger partial charge in [-0.05, 0) is 36.4 Å². The smallest absolute Gasteiger partial charge is 0.340 e. The van der Waals surface area contributed by atoms with Crippen LogP contribution in [0.2, 0.25) is 0 Å². The third kappa shape index (κ3) is 3.72. The number of carbonyl (C=O) groups excluding carboxylic acids is 1. The summed E-state index contributed by atoms with van der Waals surface area (Å²) in [5.74, 6) is -0.583. The van der Waals surface area contributed by atoms with E-state index in [1.165, 1.54) is 19.2 Å². The Kier molecular flexibility index (Phi) is 4.80. The van der Waals surface area contributed by atoms with Crippen LogP contribution in [-0.4, -0.2) is 13.1 Å². The largest absolute Gasteiger partial charge is 0.497 e. The van der Waals surface area contributed by atoms with Crippen LogP contribution in [0.25, 0.3) is 0 Å². The average Bonchev–Trinajstić information content (AvgIpc) is 2.48. The van der Waals surface area contributed by atoms with Crippen molar-refractivity contribution >= 4 is 27.6 Å². The molecule has 0 unspecified atom stereocenters. The number of esters is 1. The quantitative estimate of drug-likeness (QED) is 0.674. The molecule has 0 heterocycles. The van der Waals surface area contributed by atoms with Crippen molar-refractivity contribution < 1.29 is 18.7 Å². The SMILES string of the molecule is COc1ccc(N)c(C(=O)OCc2cc(Br)ccc2F)c1. The number of nitrogen functional groups attached to an aromatic ring is 1. The lowest BCUT2D eigenvalue weighted by Gasteiger charge is -2.09. The molecule has 0 saturated carbocycles. The summed E-state index contributed by atoms with van der Waals surface area (Å²) < 4.78 is 24.4. The Hall–Kier alpha value is -2.08. The minimum atomic E-state index is -0.634. The molecule has 0 fully saturated rings. The first-order valence-electron chi connectivity index (χ1n) is 6.06. The summed E-state index contributed by atoms with van der Waals surface area (Å²) in [7, 11) is 1.48. The van der Waals surface area contributed by atoms with Crippen LogP contribution >= 0.6 is 15.9 Å². The molecule has 6 heteroatoms. The monoisotopic (exact) mass is 353 g/mol. The van der Waals surface area contributed by atoms with Crippen LogP contribution in [0.3, 0.4) is 0 Å². The van der Waals surface area contributed by atoms with Crippen LogP contribution in [0.4, 0.5) is 10.1 Å². The standard InChI is InChI=1S/C15H13BrFNO3/c1-20-11-3-5-14(18)12(7-11)15(19)21-8-9-6-10(16)2-4-13(9)17/h2-7H,8,18H2,1H3. The van der Waals surface area contributed by atoms with Crippen molar-refractivity contribution in [1.29, 1.82) is 0 Å². The van der Waals surface area contributed by atoms with Crippen molar-refractivity contribution in [2.75, 3.05) is 12.8 Å². The van der Waals surface area contributed by atoms with E-state index in [9.17, 15) is 9.18 Å². The molecular weight excluding hydrogens is 341 g/mol. The van der Waals surface area contributed by atoms with Gasteiger partial charge in [-0.25, -0.2) is 9.18 Å². The van der Waals surface area contributed by atoms with Crippen LogP contribution < -0.4 is 10.5 Å². The lowest BCUT2D eigenvalue weighted by atomic mass is 10.1. The number of halogens is 2. The topological polar surface area (TPSA) is 61.5 Å². The highest BCUT2D eigenvalue weighted by Crippen LogP contribution is 2.21. The van der Waals surface area contributed by atoms with E-state index in [4.69, 9.17) is 15.2 Å². The van der Waals surface area contributed by atoms with Crippen molar-refractivity contribution in [1.82, 2.24) is 0 Å². The molecule has 0 spiro atoms. The number of rotatable bonds is 4. The van der Waals surface area contributed by atoms with Gasteiger partial charge in [0.2, 0.25) is 0 Å². The highest BCUT2D eigenvalue weighted by Gasteiger charge is 2.14. The van der Waals surface area contributed by atoms with Gasteiger partial charge >= 0.3 is 5.97 Å². The van der Waals surface area contributed by atoms with Gasteiger partial charge in [-0.15, -0.1) is 0 Å². The van der Waals surface area contributed by atoms with Gasteiger partial charge in [-0.3, -0.25) is 0 Å². The van der Waals surface area contributed by atoms with E-state index in [2.05, 4.69) is 15.9 Å². The first-order chi connectivity index (χ1) is 10.0. The molecule has 0 radical (unpaired) electrons. The maximum atomic E-state index is 13.6. The molecule has 2 rings (SSSR count). The van der Waals surface area contributed by atoms with Crippen LogP contribution in [0, 0.1) is 5.82 Å². The molecular formula is C15H13BrFNO3. The number of hydrogen-bond donors (Lipinski definition) is 1. The van der Waals surface area contributed by atoms with Gasteiger partial charge in [0.1, 0.15) is 18.2 Å². The fourth-order valence-electron chi connectivity index (χ4n) is 1.71. The van der Waals surface area contributed by atoms with Gasteiger partial charge in [0.05, 0.1) is 12.7 Å². The van der Waals surface area contributed by atoms with E-state index in [0.29, 0.717) is 10.2 Å². The molecule has 0 saturated heterocycles. The maximum Gasteiger partial charge on any atom is 0.340 e. The number of hydrogen-bond acceptors (Lipinski definition) is 4. The molecule has 0 aliphatic heterocycles. The predicted octanol–water partition coefficient (Wildman–Crippen LogP) is 3.54. The summed E-state index contributed by atoms with van der Waals surface area (Å²) in [6.07, 6.45) is 0. The Morgan fingerprint density at radius 3 is 2.76 bits per heavy atom. The van der Waals surface area contributed by atoms with Crippen LogP contribution in [-0.2, 0) is 11.3 Å². The van der Waals surface area contributed by atoms with Crippen molar-refractivity contribution in [3.8, 4) is 5.75 Å².